The molecule has 4 rings (SSSR count). The number of thiazole rings is 1. The van der Waals surface area contributed by atoms with Crippen molar-refractivity contribution >= 4 is 39.0 Å². The molecule has 0 saturated carbocycles. The summed E-state index contributed by atoms with van der Waals surface area (Å²) in [4.78, 5) is 16.9. The third kappa shape index (κ3) is 3.99. The molecule has 0 aliphatic heterocycles. The monoisotopic (exact) mass is 373 g/mol. The largest absolute Gasteiger partial charge is 0.323 e. The second-order valence-corrected chi connectivity index (χ2v) is 7.55. The zero-order valence-corrected chi connectivity index (χ0v) is 15.9. The Bertz CT molecular complexity index is 1120. The zero-order valence-electron chi connectivity index (χ0n) is 15.1. The minimum Gasteiger partial charge on any atom is -0.308 e. The van der Waals surface area contributed by atoms with Crippen molar-refractivity contribution in [1.29, 1.82) is 0 Å². The summed E-state index contributed by atoms with van der Waals surface area (Å²) < 4.78 is 1.18. The third-order valence-corrected chi connectivity index (χ3v) is 5.28. The van der Waals surface area contributed by atoms with Gasteiger partial charge in [-0.15, -0.1) is 11.3 Å². The minimum atomic E-state index is -0.260. The number of hydrogen-bond donors (Lipinski definition) is 2. The van der Waals surface area contributed by atoms with E-state index in [2.05, 4.69) is 35.8 Å². The molecule has 0 atom stereocenters. The predicted octanol–water partition coefficient (Wildman–Crippen LogP) is 6.22. The number of nitrogens with one attached hydrogen (secondary N) is 2. The average Bonchev–Trinajstić information content (AvgIpc) is 3.05. The summed E-state index contributed by atoms with van der Waals surface area (Å²) in [6.45, 7) is 4.08. The molecule has 0 unspecified atom stereocenters. The molecule has 0 fully saturated rings. The van der Waals surface area contributed by atoms with E-state index in [0.29, 0.717) is 0 Å². The van der Waals surface area contributed by atoms with Crippen molar-refractivity contribution in [2.24, 2.45) is 0 Å². The summed E-state index contributed by atoms with van der Waals surface area (Å²) in [5, 5.41) is 6.67. The molecule has 2 amide bonds. The molecule has 5 heteroatoms. The highest BCUT2D eigenvalue weighted by Gasteiger charge is 2.08. The first-order chi connectivity index (χ1) is 13.1. The van der Waals surface area contributed by atoms with Gasteiger partial charge in [-0.05, 0) is 73.5 Å². The first kappa shape index (κ1) is 17.2. The lowest BCUT2D eigenvalue weighted by molar-refractivity contribution is 0.262. The Balaban J connectivity index is 1.47. The van der Waals surface area contributed by atoms with E-state index in [0.717, 1.165) is 33.0 Å². The topological polar surface area (TPSA) is 54.0 Å². The van der Waals surface area contributed by atoms with Crippen LogP contribution in [0.5, 0.6) is 0 Å². The van der Waals surface area contributed by atoms with Gasteiger partial charge in [-0.1, -0.05) is 18.2 Å². The lowest BCUT2D eigenvalue weighted by Crippen LogP contribution is -2.19. The summed E-state index contributed by atoms with van der Waals surface area (Å²) in [7, 11) is 0. The van der Waals surface area contributed by atoms with Gasteiger partial charge in [0.1, 0.15) is 5.01 Å². The maximum absolute atomic E-state index is 12.2. The van der Waals surface area contributed by atoms with E-state index in [1.165, 1.54) is 10.3 Å². The van der Waals surface area contributed by atoms with Crippen molar-refractivity contribution < 1.29 is 4.79 Å². The maximum atomic E-state index is 12.2. The molecule has 27 heavy (non-hydrogen) atoms. The van der Waals surface area contributed by atoms with Gasteiger partial charge in [-0.2, -0.15) is 0 Å². The van der Waals surface area contributed by atoms with Crippen molar-refractivity contribution in [3.8, 4) is 10.6 Å². The van der Waals surface area contributed by atoms with Gasteiger partial charge in [-0.25, -0.2) is 9.78 Å². The number of amides is 2. The highest BCUT2D eigenvalue weighted by atomic mass is 32.1. The van der Waals surface area contributed by atoms with Gasteiger partial charge >= 0.3 is 6.03 Å². The molecular weight excluding hydrogens is 354 g/mol. The SMILES string of the molecule is Cc1cccc(NC(=O)Nc2ccc(-c3nc4ccc(C)cc4s3)cc2)c1. The molecule has 0 spiro atoms. The van der Waals surface area contributed by atoms with Crippen molar-refractivity contribution in [2.45, 2.75) is 13.8 Å². The number of aryl methyl sites for hydroxylation is 2. The lowest BCUT2D eigenvalue weighted by Gasteiger charge is -2.08. The Hall–Kier alpha value is -3.18. The quantitative estimate of drug-likeness (QED) is 0.447. The number of nitrogens with zero attached hydrogens (tertiary/aromatic N) is 1. The number of fused-ring (bicyclic) bond motifs is 1. The van der Waals surface area contributed by atoms with Crippen LogP contribution in [0.4, 0.5) is 16.2 Å². The van der Waals surface area contributed by atoms with Gasteiger partial charge in [0.15, 0.2) is 0 Å². The molecule has 0 aliphatic rings. The Labute approximate surface area is 161 Å². The number of benzene rings is 3. The van der Waals surface area contributed by atoms with E-state index in [9.17, 15) is 4.79 Å². The predicted molar refractivity (Wildman–Crippen MR) is 114 cm³/mol. The number of hydrogen-bond acceptors (Lipinski definition) is 3. The average molecular weight is 373 g/mol. The van der Waals surface area contributed by atoms with Crippen LogP contribution in [0, 0.1) is 13.8 Å². The summed E-state index contributed by atoms with van der Waals surface area (Å²) in [6.07, 6.45) is 0. The molecule has 0 radical (unpaired) electrons. The van der Waals surface area contributed by atoms with Crippen molar-refractivity contribution in [3.63, 3.8) is 0 Å². The molecule has 0 aliphatic carbocycles. The summed E-state index contributed by atoms with van der Waals surface area (Å²) >= 11 is 1.68. The number of rotatable bonds is 3. The number of carbonyl (C=O) groups excluding carboxylic acids is 1. The Morgan fingerprint density at radius 2 is 1.59 bits per heavy atom. The van der Waals surface area contributed by atoms with Gasteiger partial charge in [0.25, 0.3) is 0 Å². The summed E-state index contributed by atoms with van der Waals surface area (Å²) in [6, 6.07) is 21.5. The van der Waals surface area contributed by atoms with Crippen LogP contribution in [0.1, 0.15) is 11.1 Å². The number of carbonyl (C=O) groups is 1. The molecule has 3 aromatic carbocycles. The van der Waals surface area contributed by atoms with Gasteiger partial charge < -0.3 is 10.6 Å². The fourth-order valence-electron chi connectivity index (χ4n) is 2.87. The van der Waals surface area contributed by atoms with Crippen LogP contribution >= 0.6 is 11.3 Å². The molecule has 4 nitrogen and oxygen atoms in total. The number of urea groups is 1. The first-order valence-electron chi connectivity index (χ1n) is 8.69. The summed E-state index contributed by atoms with van der Waals surface area (Å²) in [5.41, 5.74) is 5.90. The molecular formula is C22H19N3OS. The lowest BCUT2D eigenvalue weighted by atomic mass is 10.2. The fraction of sp³-hybridized carbons (Fsp3) is 0.0909. The second kappa shape index (κ2) is 7.21. The molecule has 1 aromatic heterocycles. The van der Waals surface area contributed by atoms with Gasteiger partial charge in [0, 0.05) is 16.9 Å². The summed E-state index contributed by atoms with van der Waals surface area (Å²) in [5.74, 6) is 0. The molecule has 134 valence electrons. The van der Waals surface area contributed by atoms with Crippen LogP contribution in [0.3, 0.4) is 0 Å². The van der Waals surface area contributed by atoms with Crippen LogP contribution in [-0.4, -0.2) is 11.0 Å². The third-order valence-electron chi connectivity index (χ3n) is 4.21. The van der Waals surface area contributed by atoms with Crippen LogP contribution in [0.15, 0.2) is 66.7 Å². The Kier molecular flexibility index (Phi) is 4.60. The van der Waals surface area contributed by atoms with E-state index >= 15 is 0 Å². The Morgan fingerprint density at radius 3 is 2.37 bits per heavy atom. The molecule has 0 saturated heterocycles. The van der Waals surface area contributed by atoms with Gasteiger partial charge in [-0.3, -0.25) is 0 Å². The highest BCUT2D eigenvalue weighted by Crippen LogP contribution is 2.31. The smallest absolute Gasteiger partial charge is 0.308 e. The van der Waals surface area contributed by atoms with Crippen LogP contribution in [-0.2, 0) is 0 Å². The van der Waals surface area contributed by atoms with E-state index < -0.39 is 0 Å². The molecule has 4 aromatic rings. The standard InChI is InChI=1S/C22H19N3OS/c1-14-4-3-5-18(12-14)24-22(26)23-17-9-7-16(8-10-17)21-25-19-11-6-15(2)13-20(19)27-21/h3-13H,1-2H3,(H2,23,24,26). The van der Waals surface area contributed by atoms with E-state index in [4.69, 9.17) is 4.98 Å². The Morgan fingerprint density at radius 1 is 0.852 bits per heavy atom. The van der Waals surface area contributed by atoms with Crippen LogP contribution in [0.2, 0.25) is 0 Å². The molecule has 2 N–H and O–H groups in total. The van der Waals surface area contributed by atoms with Gasteiger partial charge in [0.2, 0.25) is 0 Å². The van der Waals surface area contributed by atoms with Crippen LogP contribution in [0.25, 0.3) is 20.8 Å². The maximum Gasteiger partial charge on any atom is 0.323 e. The van der Waals surface area contributed by atoms with E-state index in [1.807, 2.05) is 55.5 Å². The molecule has 0 bridgehead atoms. The zero-order chi connectivity index (χ0) is 18.8. The fourth-order valence-corrected chi connectivity index (χ4v) is 3.94. The van der Waals surface area contributed by atoms with E-state index in [1.54, 1.807) is 11.3 Å². The molecule has 1 heterocycles. The van der Waals surface area contributed by atoms with Crippen molar-refractivity contribution in [1.82, 2.24) is 4.98 Å². The van der Waals surface area contributed by atoms with Crippen LogP contribution < -0.4 is 10.6 Å². The van der Waals surface area contributed by atoms with Crippen molar-refractivity contribution in [2.75, 3.05) is 10.6 Å². The second-order valence-electron chi connectivity index (χ2n) is 6.52. The normalized spacial score (nSPS) is 10.7. The van der Waals surface area contributed by atoms with Crippen molar-refractivity contribution in [3.05, 3.63) is 77.9 Å². The first-order valence-corrected chi connectivity index (χ1v) is 9.51. The minimum absolute atomic E-state index is 0.260. The number of anilines is 2. The highest BCUT2D eigenvalue weighted by molar-refractivity contribution is 7.21. The van der Waals surface area contributed by atoms with Gasteiger partial charge in [0.05, 0.1) is 10.2 Å². The number of aromatic nitrogens is 1. The van der Waals surface area contributed by atoms with E-state index in [-0.39, 0.29) is 6.03 Å².